The molecule has 6 heteroatoms. The minimum absolute atomic E-state index is 0.125. The molecule has 0 saturated heterocycles. The number of amides is 1. The molecule has 6 N–H and O–H groups in total. The molecule has 0 radical (unpaired) electrons. The Morgan fingerprint density at radius 2 is 2.00 bits per heavy atom. The summed E-state index contributed by atoms with van der Waals surface area (Å²) in [5.74, 6) is -1.70. The summed E-state index contributed by atoms with van der Waals surface area (Å²) in [6, 6.07) is 3.37. The van der Waals surface area contributed by atoms with E-state index in [9.17, 15) is 14.3 Å². The Bertz CT molecular complexity index is 384. The third-order valence-electron chi connectivity index (χ3n) is 1.95. The second-order valence-electron chi connectivity index (χ2n) is 3.07. The fraction of sp³-hybridized carbons (Fsp3) is 0.222. The molecule has 0 bridgehead atoms. The molecule has 0 aliphatic rings. The Balaban J connectivity index is 2.96. The number of aliphatic hydroxyl groups excluding tert-OH is 2. The molecule has 0 heterocycles. The molecule has 1 aromatic rings. The van der Waals surface area contributed by atoms with Crippen LogP contribution < -0.4 is 11.5 Å². The number of benzene rings is 1. The van der Waals surface area contributed by atoms with Crippen molar-refractivity contribution >= 4 is 11.6 Å². The Kier molecular flexibility index (Phi) is 3.23. The van der Waals surface area contributed by atoms with Crippen molar-refractivity contribution in [3.8, 4) is 0 Å². The van der Waals surface area contributed by atoms with Crippen molar-refractivity contribution in [1.82, 2.24) is 0 Å². The summed E-state index contributed by atoms with van der Waals surface area (Å²) in [6.45, 7) is 0. The topological polar surface area (TPSA) is 110 Å². The van der Waals surface area contributed by atoms with E-state index >= 15 is 0 Å². The monoisotopic (exact) mass is 214 g/mol. The minimum Gasteiger partial charge on any atom is -0.396 e. The standard InChI is InChI=1S/C9H11FN2O3/c10-5-2-1-4(3-6(5)11)7(13)8(14)9(12)15/h1-3,7-8,13-14H,11H2,(H2,12,15). The van der Waals surface area contributed by atoms with Gasteiger partial charge < -0.3 is 21.7 Å². The molecule has 1 amide bonds. The molecular formula is C9H11FN2O3. The second kappa shape index (κ2) is 4.24. The van der Waals surface area contributed by atoms with Gasteiger partial charge in [-0.1, -0.05) is 6.07 Å². The number of primary amides is 1. The summed E-state index contributed by atoms with van der Waals surface area (Å²) in [5.41, 5.74) is 9.99. The van der Waals surface area contributed by atoms with Crippen LogP contribution in [0.15, 0.2) is 18.2 Å². The lowest BCUT2D eigenvalue weighted by atomic mass is 10.0. The van der Waals surface area contributed by atoms with Gasteiger partial charge in [-0.2, -0.15) is 0 Å². The number of nitrogens with two attached hydrogens (primary N) is 2. The molecule has 15 heavy (non-hydrogen) atoms. The lowest BCUT2D eigenvalue weighted by Crippen LogP contribution is -2.33. The van der Waals surface area contributed by atoms with Gasteiger partial charge in [-0.3, -0.25) is 4.79 Å². The average molecular weight is 214 g/mol. The first-order chi connectivity index (χ1) is 6.93. The van der Waals surface area contributed by atoms with Crippen LogP contribution in [0.4, 0.5) is 10.1 Å². The first-order valence-corrected chi connectivity index (χ1v) is 4.14. The summed E-state index contributed by atoms with van der Waals surface area (Å²) in [5, 5.41) is 18.6. The van der Waals surface area contributed by atoms with Crippen LogP contribution in [0.1, 0.15) is 11.7 Å². The van der Waals surface area contributed by atoms with Crippen molar-refractivity contribution in [2.24, 2.45) is 5.73 Å². The third kappa shape index (κ3) is 2.42. The number of hydrogen-bond donors (Lipinski definition) is 4. The predicted molar refractivity (Wildman–Crippen MR) is 51.0 cm³/mol. The zero-order chi connectivity index (χ0) is 11.6. The van der Waals surface area contributed by atoms with Gasteiger partial charge in [0.2, 0.25) is 5.91 Å². The molecule has 0 aromatic heterocycles. The molecule has 2 atom stereocenters. The zero-order valence-electron chi connectivity index (χ0n) is 7.72. The van der Waals surface area contributed by atoms with Gasteiger partial charge in [-0.15, -0.1) is 0 Å². The smallest absolute Gasteiger partial charge is 0.249 e. The highest BCUT2D eigenvalue weighted by Crippen LogP contribution is 2.21. The van der Waals surface area contributed by atoms with Gasteiger partial charge in [0.25, 0.3) is 0 Å². The highest BCUT2D eigenvalue weighted by molar-refractivity contribution is 5.79. The van der Waals surface area contributed by atoms with Crippen LogP contribution in [-0.4, -0.2) is 22.2 Å². The van der Waals surface area contributed by atoms with E-state index in [0.29, 0.717) is 0 Å². The van der Waals surface area contributed by atoms with E-state index in [4.69, 9.17) is 16.6 Å². The van der Waals surface area contributed by atoms with Gasteiger partial charge in [0.05, 0.1) is 5.69 Å². The van der Waals surface area contributed by atoms with Crippen LogP contribution in [0, 0.1) is 5.82 Å². The van der Waals surface area contributed by atoms with Crippen LogP contribution in [0.2, 0.25) is 0 Å². The fourth-order valence-corrected chi connectivity index (χ4v) is 1.08. The van der Waals surface area contributed by atoms with Crippen molar-refractivity contribution < 1.29 is 19.4 Å². The number of aliphatic hydroxyl groups is 2. The van der Waals surface area contributed by atoms with E-state index in [0.717, 1.165) is 12.1 Å². The summed E-state index contributed by atoms with van der Waals surface area (Å²) in [4.78, 5) is 10.6. The third-order valence-corrected chi connectivity index (χ3v) is 1.95. The van der Waals surface area contributed by atoms with Gasteiger partial charge in [0, 0.05) is 0 Å². The van der Waals surface area contributed by atoms with Crippen LogP contribution in [0.5, 0.6) is 0 Å². The highest BCUT2D eigenvalue weighted by atomic mass is 19.1. The maximum Gasteiger partial charge on any atom is 0.249 e. The number of hydrogen-bond acceptors (Lipinski definition) is 4. The minimum atomic E-state index is -1.74. The number of rotatable bonds is 3. The molecule has 2 unspecified atom stereocenters. The molecule has 0 aliphatic carbocycles. The first kappa shape index (κ1) is 11.4. The van der Waals surface area contributed by atoms with Crippen molar-refractivity contribution in [3.05, 3.63) is 29.6 Å². The average Bonchev–Trinajstić information content (AvgIpc) is 2.19. The first-order valence-electron chi connectivity index (χ1n) is 4.14. The van der Waals surface area contributed by atoms with Gasteiger partial charge >= 0.3 is 0 Å². The van der Waals surface area contributed by atoms with Crippen LogP contribution in [-0.2, 0) is 4.79 Å². The van der Waals surface area contributed by atoms with Crippen LogP contribution in [0.25, 0.3) is 0 Å². The normalized spacial score (nSPS) is 14.6. The lowest BCUT2D eigenvalue weighted by Gasteiger charge is -2.15. The van der Waals surface area contributed by atoms with Crippen LogP contribution >= 0.6 is 0 Å². The van der Waals surface area contributed by atoms with Gasteiger partial charge in [0.15, 0.2) is 6.10 Å². The van der Waals surface area contributed by atoms with E-state index in [2.05, 4.69) is 0 Å². The summed E-state index contributed by atoms with van der Waals surface area (Å²) >= 11 is 0. The Morgan fingerprint density at radius 1 is 1.40 bits per heavy atom. The van der Waals surface area contributed by atoms with Crippen molar-refractivity contribution in [1.29, 1.82) is 0 Å². The second-order valence-corrected chi connectivity index (χ2v) is 3.07. The molecule has 0 aliphatic heterocycles. The number of carbonyl (C=O) groups is 1. The van der Waals surface area contributed by atoms with E-state index in [-0.39, 0.29) is 11.3 Å². The number of halogens is 1. The molecule has 5 nitrogen and oxygen atoms in total. The molecule has 0 spiro atoms. The SMILES string of the molecule is NC(=O)C(O)C(O)c1ccc(F)c(N)c1. The summed E-state index contributed by atoms with van der Waals surface area (Å²) < 4.78 is 12.8. The maximum absolute atomic E-state index is 12.8. The Labute approximate surface area is 85.1 Å². The Morgan fingerprint density at radius 3 is 2.47 bits per heavy atom. The fourth-order valence-electron chi connectivity index (χ4n) is 1.08. The summed E-state index contributed by atoms with van der Waals surface area (Å²) in [7, 11) is 0. The number of carbonyl (C=O) groups excluding carboxylic acids is 1. The molecule has 1 rings (SSSR count). The largest absolute Gasteiger partial charge is 0.396 e. The number of anilines is 1. The zero-order valence-corrected chi connectivity index (χ0v) is 7.72. The molecule has 1 aromatic carbocycles. The van der Waals surface area contributed by atoms with Gasteiger partial charge in [-0.05, 0) is 17.7 Å². The predicted octanol–water partition coefficient (Wildman–Crippen LogP) is -0.713. The van der Waals surface area contributed by atoms with Gasteiger partial charge in [-0.25, -0.2) is 4.39 Å². The van der Waals surface area contributed by atoms with Crippen LogP contribution in [0.3, 0.4) is 0 Å². The Hall–Kier alpha value is -1.66. The highest BCUT2D eigenvalue weighted by Gasteiger charge is 2.23. The molecular weight excluding hydrogens is 203 g/mol. The quantitative estimate of drug-likeness (QED) is 0.498. The molecule has 0 fully saturated rings. The van der Waals surface area contributed by atoms with E-state index < -0.39 is 23.9 Å². The maximum atomic E-state index is 12.8. The number of nitrogen functional groups attached to an aromatic ring is 1. The van der Waals surface area contributed by atoms with E-state index in [1.54, 1.807) is 0 Å². The van der Waals surface area contributed by atoms with Gasteiger partial charge in [0.1, 0.15) is 11.9 Å². The summed E-state index contributed by atoms with van der Waals surface area (Å²) in [6.07, 6.45) is -3.25. The van der Waals surface area contributed by atoms with Crippen molar-refractivity contribution in [2.75, 3.05) is 5.73 Å². The lowest BCUT2D eigenvalue weighted by molar-refractivity contribution is -0.131. The van der Waals surface area contributed by atoms with E-state index in [1.165, 1.54) is 6.07 Å². The van der Waals surface area contributed by atoms with E-state index in [1.807, 2.05) is 0 Å². The van der Waals surface area contributed by atoms with Crippen molar-refractivity contribution in [3.63, 3.8) is 0 Å². The van der Waals surface area contributed by atoms with Crippen molar-refractivity contribution in [2.45, 2.75) is 12.2 Å². The molecule has 0 saturated carbocycles. The molecule has 82 valence electrons.